The summed E-state index contributed by atoms with van der Waals surface area (Å²) in [7, 11) is 0. The number of anilines is 1. The summed E-state index contributed by atoms with van der Waals surface area (Å²) in [5.41, 5.74) is 6.48. The zero-order valence-electron chi connectivity index (χ0n) is 18.1. The summed E-state index contributed by atoms with van der Waals surface area (Å²) in [6.45, 7) is 5.98. The van der Waals surface area contributed by atoms with Gasteiger partial charge >= 0.3 is 0 Å². The first-order valence-electron chi connectivity index (χ1n) is 10.9. The molecular weight excluding hydrogens is 509 g/mol. The van der Waals surface area contributed by atoms with Crippen molar-refractivity contribution in [2.75, 3.05) is 37.6 Å². The lowest BCUT2D eigenvalue weighted by Crippen LogP contribution is -2.41. The van der Waals surface area contributed by atoms with Crippen LogP contribution in [0.1, 0.15) is 38.2 Å². The van der Waals surface area contributed by atoms with Gasteiger partial charge in [-0.05, 0) is 38.7 Å². The van der Waals surface area contributed by atoms with Gasteiger partial charge in [-0.1, -0.05) is 6.07 Å². The number of hydrogen-bond donors (Lipinski definition) is 4. The number of aliphatic imine (C=N–C) groups is 1. The molecular formula is C21H34IN7O2. The fourth-order valence-corrected chi connectivity index (χ4v) is 3.58. The lowest BCUT2D eigenvalue weighted by Gasteiger charge is -2.32. The Morgan fingerprint density at radius 3 is 2.48 bits per heavy atom. The molecule has 2 fully saturated rings. The molecule has 1 aromatic heterocycles. The number of amides is 2. The first kappa shape index (κ1) is 25.2. The van der Waals surface area contributed by atoms with Crippen molar-refractivity contribution in [3.63, 3.8) is 0 Å². The minimum absolute atomic E-state index is 0. The Balaban J connectivity index is 0.00000341. The number of hydrogen-bond acceptors (Lipinski definition) is 5. The van der Waals surface area contributed by atoms with Crippen molar-refractivity contribution in [2.24, 2.45) is 22.6 Å². The minimum Gasteiger partial charge on any atom is -0.369 e. The average molecular weight is 543 g/mol. The summed E-state index contributed by atoms with van der Waals surface area (Å²) >= 11 is 0. The second-order valence-corrected chi connectivity index (χ2v) is 7.84. The molecule has 0 bridgehead atoms. The molecule has 0 atom stereocenters. The lowest BCUT2D eigenvalue weighted by molar-refractivity contribution is -0.123. The Bertz CT molecular complexity index is 762. The van der Waals surface area contributed by atoms with Crippen LogP contribution in [0.25, 0.3) is 0 Å². The number of primary amides is 1. The molecule has 0 radical (unpaired) electrons. The molecule has 2 amide bonds. The van der Waals surface area contributed by atoms with Gasteiger partial charge in [0.25, 0.3) is 0 Å². The van der Waals surface area contributed by atoms with Crippen LogP contribution in [0.2, 0.25) is 0 Å². The van der Waals surface area contributed by atoms with Gasteiger partial charge in [-0.15, -0.1) is 24.0 Å². The number of halogens is 1. The highest BCUT2D eigenvalue weighted by molar-refractivity contribution is 14.0. The SMILES string of the molecule is CCNC(=NCc1cccnc1N1CCC(C(N)=O)CC1)NCCNC(=O)C1CC1.I. The summed E-state index contributed by atoms with van der Waals surface area (Å²) in [4.78, 5) is 34.6. The minimum atomic E-state index is -0.213. The maximum absolute atomic E-state index is 11.7. The van der Waals surface area contributed by atoms with Crippen LogP contribution in [0.15, 0.2) is 23.3 Å². The number of guanidine groups is 1. The molecule has 5 N–H and O–H groups in total. The molecule has 2 aliphatic rings. The van der Waals surface area contributed by atoms with Crippen LogP contribution in [-0.4, -0.2) is 55.5 Å². The van der Waals surface area contributed by atoms with E-state index in [0.717, 1.165) is 56.7 Å². The quantitative estimate of drug-likeness (QED) is 0.159. The number of pyridine rings is 1. The van der Waals surface area contributed by atoms with Gasteiger partial charge < -0.3 is 26.6 Å². The van der Waals surface area contributed by atoms with Crippen LogP contribution in [0.4, 0.5) is 5.82 Å². The summed E-state index contributed by atoms with van der Waals surface area (Å²) in [6.07, 6.45) is 5.32. The largest absolute Gasteiger partial charge is 0.369 e. The Labute approximate surface area is 201 Å². The van der Waals surface area contributed by atoms with Crippen molar-refractivity contribution < 1.29 is 9.59 Å². The van der Waals surface area contributed by atoms with Gasteiger partial charge in [-0.2, -0.15) is 0 Å². The highest BCUT2D eigenvalue weighted by atomic mass is 127. The number of rotatable bonds is 9. The van der Waals surface area contributed by atoms with Gasteiger partial charge in [-0.3, -0.25) is 9.59 Å². The molecule has 1 saturated carbocycles. The van der Waals surface area contributed by atoms with E-state index in [9.17, 15) is 9.59 Å². The van der Waals surface area contributed by atoms with E-state index >= 15 is 0 Å². The molecule has 31 heavy (non-hydrogen) atoms. The first-order chi connectivity index (χ1) is 14.6. The normalized spacial score (nSPS) is 16.9. The van der Waals surface area contributed by atoms with Crippen LogP contribution in [-0.2, 0) is 16.1 Å². The van der Waals surface area contributed by atoms with Crippen LogP contribution >= 0.6 is 24.0 Å². The van der Waals surface area contributed by atoms with E-state index in [1.807, 2.05) is 19.1 Å². The maximum atomic E-state index is 11.7. The number of nitrogens with two attached hydrogens (primary N) is 1. The fourth-order valence-electron chi connectivity index (χ4n) is 3.58. The third kappa shape index (κ3) is 7.82. The maximum Gasteiger partial charge on any atom is 0.223 e. The van der Waals surface area contributed by atoms with Crippen LogP contribution in [0.5, 0.6) is 0 Å². The molecule has 0 aromatic carbocycles. The predicted molar refractivity (Wildman–Crippen MR) is 132 cm³/mol. The molecule has 9 nitrogen and oxygen atoms in total. The average Bonchev–Trinajstić information content (AvgIpc) is 3.60. The standard InChI is InChI=1S/C21H33N7O2.HI/c1-2-23-21(26-11-10-25-20(30)16-5-6-16)27-14-17-4-3-9-24-19(17)28-12-7-15(8-13-28)18(22)29;/h3-4,9,15-16H,2,5-8,10-14H2,1H3,(H2,22,29)(H,25,30)(H2,23,26,27);1H. The zero-order chi connectivity index (χ0) is 21.3. The van der Waals surface area contributed by atoms with E-state index in [1.54, 1.807) is 6.20 Å². The van der Waals surface area contributed by atoms with E-state index in [4.69, 9.17) is 5.73 Å². The van der Waals surface area contributed by atoms with E-state index in [1.165, 1.54) is 0 Å². The highest BCUT2D eigenvalue weighted by Crippen LogP contribution is 2.28. The Morgan fingerprint density at radius 2 is 1.84 bits per heavy atom. The van der Waals surface area contributed by atoms with Gasteiger partial charge in [0, 0.05) is 56.3 Å². The molecule has 3 rings (SSSR count). The Morgan fingerprint density at radius 1 is 1.13 bits per heavy atom. The number of aromatic nitrogens is 1. The van der Waals surface area contributed by atoms with E-state index in [0.29, 0.717) is 25.6 Å². The summed E-state index contributed by atoms with van der Waals surface area (Å²) < 4.78 is 0. The van der Waals surface area contributed by atoms with Gasteiger partial charge in [0.2, 0.25) is 11.8 Å². The van der Waals surface area contributed by atoms with E-state index in [2.05, 4.69) is 30.8 Å². The number of nitrogens with zero attached hydrogens (tertiary/aromatic N) is 3. The van der Waals surface area contributed by atoms with Gasteiger partial charge in [-0.25, -0.2) is 9.98 Å². The second kappa shape index (κ2) is 12.7. The third-order valence-electron chi connectivity index (χ3n) is 5.48. The summed E-state index contributed by atoms with van der Waals surface area (Å²) in [6, 6.07) is 3.95. The Hall–Kier alpha value is -2.11. The van der Waals surface area contributed by atoms with Crippen molar-refractivity contribution in [1.29, 1.82) is 0 Å². The number of nitrogens with one attached hydrogen (secondary N) is 3. The van der Waals surface area contributed by atoms with Gasteiger partial charge in [0.15, 0.2) is 5.96 Å². The van der Waals surface area contributed by atoms with Crippen molar-refractivity contribution in [1.82, 2.24) is 20.9 Å². The molecule has 0 spiro atoms. The topological polar surface area (TPSA) is 125 Å². The summed E-state index contributed by atoms with van der Waals surface area (Å²) in [5.74, 6) is 1.74. The van der Waals surface area contributed by atoms with Gasteiger partial charge in [0.1, 0.15) is 5.82 Å². The fraction of sp³-hybridized carbons (Fsp3) is 0.619. The molecule has 1 saturated heterocycles. The number of carbonyl (C=O) groups is 2. The first-order valence-corrected chi connectivity index (χ1v) is 10.9. The highest BCUT2D eigenvalue weighted by Gasteiger charge is 2.29. The zero-order valence-corrected chi connectivity index (χ0v) is 20.4. The molecule has 2 heterocycles. The number of carbonyl (C=O) groups excluding carboxylic acids is 2. The summed E-state index contributed by atoms with van der Waals surface area (Å²) in [5, 5.41) is 9.44. The molecule has 10 heteroatoms. The van der Waals surface area contributed by atoms with Crippen molar-refractivity contribution in [2.45, 2.75) is 39.2 Å². The lowest BCUT2D eigenvalue weighted by atomic mass is 9.96. The molecule has 1 aromatic rings. The van der Waals surface area contributed by atoms with Crippen molar-refractivity contribution in [3.05, 3.63) is 23.9 Å². The van der Waals surface area contributed by atoms with Crippen LogP contribution in [0.3, 0.4) is 0 Å². The Kier molecular flexibility index (Phi) is 10.3. The smallest absolute Gasteiger partial charge is 0.223 e. The van der Waals surface area contributed by atoms with E-state index in [-0.39, 0.29) is 47.6 Å². The predicted octanol–water partition coefficient (Wildman–Crippen LogP) is 0.983. The molecule has 1 aliphatic heterocycles. The van der Waals surface area contributed by atoms with Crippen molar-refractivity contribution in [3.8, 4) is 0 Å². The van der Waals surface area contributed by atoms with Crippen LogP contribution in [0, 0.1) is 11.8 Å². The number of piperidine rings is 1. The van der Waals surface area contributed by atoms with Crippen LogP contribution < -0.4 is 26.6 Å². The monoisotopic (exact) mass is 543 g/mol. The van der Waals surface area contributed by atoms with Gasteiger partial charge in [0.05, 0.1) is 6.54 Å². The molecule has 0 unspecified atom stereocenters. The molecule has 1 aliphatic carbocycles. The van der Waals surface area contributed by atoms with Crippen molar-refractivity contribution >= 4 is 47.6 Å². The second-order valence-electron chi connectivity index (χ2n) is 7.84. The molecule has 172 valence electrons. The third-order valence-corrected chi connectivity index (χ3v) is 5.48. The van der Waals surface area contributed by atoms with E-state index < -0.39 is 0 Å².